The Kier molecular flexibility index (Phi) is 5.35. The third-order valence-electron chi connectivity index (χ3n) is 2.50. The van der Waals surface area contributed by atoms with Crippen LogP contribution in [0.25, 0.3) is 0 Å². The lowest BCUT2D eigenvalue weighted by Crippen LogP contribution is -2.10. The van der Waals surface area contributed by atoms with E-state index in [1.807, 2.05) is 50.8 Å². The fraction of sp³-hybridized carbons (Fsp3) is 0.308. The van der Waals surface area contributed by atoms with E-state index in [-0.39, 0.29) is 5.82 Å². The minimum Gasteiger partial charge on any atom is -0.381 e. The first kappa shape index (κ1) is 14.4. The van der Waals surface area contributed by atoms with Crippen molar-refractivity contribution in [2.75, 3.05) is 20.8 Å². The van der Waals surface area contributed by atoms with Gasteiger partial charge in [-0.2, -0.15) is 0 Å². The Morgan fingerprint density at radius 2 is 2.06 bits per heavy atom. The molecule has 0 aliphatic carbocycles. The van der Waals surface area contributed by atoms with E-state index in [0.29, 0.717) is 5.56 Å². The molecule has 17 heavy (non-hydrogen) atoms. The van der Waals surface area contributed by atoms with Gasteiger partial charge in [0, 0.05) is 35.1 Å². The van der Waals surface area contributed by atoms with Crippen LogP contribution in [-0.4, -0.2) is 31.0 Å². The van der Waals surface area contributed by atoms with E-state index in [4.69, 9.17) is 0 Å². The summed E-state index contributed by atoms with van der Waals surface area (Å²) in [4.78, 5) is 2.02. The Morgan fingerprint density at radius 1 is 1.41 bits per heavy atom. The number of benzene rings is 1. The van der Waals surface area contributed by atoms with Gasteiger partial charge in [0.2, 0.25) is 0 Å². The molecule has 0 N–H and O–H groups in total. The summed E-state index contributed by atoms with van der Waals surface area (Å²) in [7, 11) is 5.02. The van der Waals surface area contributed by atoms with Crippen LogP contribution in [0.4, 0.5) is 4.39 Å². The van der Waals surface area contributed by atoms with E-state index in [0.717, 1.165) is 23.7 Å². The molecule has 0 amide bonds. The fourth-order valence-corrected chi connectivity index (χ4v) is 2.36. The summed E-state index contributed by atoms with van der Waals surface area (Å²) in [6, 6.07) is 5.17. The Morgan fingerprint density at radius 3 is 2.53 bits per heavy atom. The molecule has 1 nitrogen and oxygen atoms in total. The smallest absolute Gasteiger partial charge is 0.132 e. The molecular weight excluding hydrogens is 300 g/mol. The fourth-order valence-electron chi connectivity index (χ4n) is 1.29. The van der Waals surface area contributed by atoms with Crippen LogP contribution in [0.5, 0.6) is 0 Å². The van der Waals surface area contributed by atoms with Crippen molar-refractivity contribution in [3.8, 4) is 0 Å². The zero-order valence-corrected chi connectivity index (χ0v) is 12.9. The molecule has 0 aromatic heterocycles. The van der Waals surface area contributed by atoms with Crippen LogP contribution >= 0.6 is 24.1 Å². The first-order valence-electron chi connectivity index (χ1n) is 5.23. The van der Waals surface area contributed by atoms with Crippen molar-refractivity contribution in [1.29, 1.82) is 0 Å². The predicted molar refractivity (Wildman–Crippen MR) is 78.5 cm³/mol. The Hall–Kier alpha value is -0.660. The normalized spacial score (nSPS) is 12.8. The van der Waals surface area contributed by atoms with E-state index in [2.05, 4.69) is 15.9 Å². The van der Waals surface area contributed by atoms with Crippen LogP contribution in [0.3, 0.4) is 0 Å². The summed E-state index contributed by atoms with van der Waals surface area (Å²) < 4.78 is 14.6. The van der Waals surface area contributed by atoms with Gasteiger partial charge in [0.05, 0.1) is 0 Å². The Labute approximate surface area is 112 Å². The highest BCUT2D eigenvalue weighted by molar-refractivity contribution is 9.10. The minimum atomic E-state index is -0.188. The second-order valence-electron chi connectivity index (χ2n) is 3.91. The quantitative estimate of drug-likeness (QED) is 0.757. The average Bonchev–Trinajstić information content (AvgIpc) is 2.26. The molecule has 1 aromatic carbocycles. The second-order valence-corrected chi connectivity index (χ2v) is 5.76. The number of halogens is 2. The summed E-state index contributed by atoms with van der Waals surface area (Å²) in [6.07, 6.45) is 2.02. The Balaban J connectivity index is 3.16. The van der Waals surface area contributed by atoms with E-state index in [1.165, 1.54) is 6.07 Å². The second kappa shape index (κ2) is 6.32. The lowest BCUT2D eigenvalue weighted by Gasteiger charge is -2.13. The Bertz CT molecular complexity index is 466. The summed E-state index contributed by atoms with van der Waals surface area (Å²) in [5.41, 5.74) is 1.77. The molecule has 0 saturated carbocycles. The molecule has 0 radical (unpaired) electrons. The van der Waals surface area contributed by atoms with Crippen molar-refractivity contribution in [1.82, 2.24) is 4.90 Å². The van der Waals surface area contributed by atoms with Crippen molar-refractivity contribution in [3.05, 3.63) is 45.8 Å². The van der Waals surface area contributed by atoms with Gasteiger partial charge >= 0.3 is 0 Å². The molecule has 0 saturated heterocycles. The van der Waals surface area contributed by atoms with Gasteiger partial charge < -0.3 is 4.90 Å². The monoisotopic (exact) mass is 315 g/mol. The molecule has 0 heterocycles. The van der Waals surface area contributed by atoms with Gasteiger partial charge in [0.25, 0.3) is 0 Å². The maximum atomic E-state index is 13.8. The minimum absolute atomic E-state index is 0.188. The van der Waals surface area contributed by atoms with Gasteiger partial charge in [-0.1, -0.05) is 24.1 Å². The standard InChI is InChI=1S/C13H16BrFNP/c1-9(16(2)3)7-13(17-4)11-6-5-10(14)8-12(11)15/h5-8H,1-4H3/b9-7+. The van der Waals surface area contributed by atoms with Crippen molar-refractivity contribution in [2.24, 2.45) is 0 Å². The summed E-state index contributed by atoms with van der Waals surface area (Å²) in [5.74, 6) is -0.188. The topological polar surface area (TPSA) is 3.24 Å². The third-order valence-corrected chi connectivity index (χ3v) is 3.84. The van der Waals surface area contributed by atoms with Crippen LogP contribution in [-0.2, 0) is 0 Å². The summed E-state index contributed by atoms with van der Waals surface area (Å²) >= 11 is 3.27. The van der Waals surface area contributed by atoms with Gasteiger partial charge in [-0.15, -0.1) is 0 Å². The van der Waals surface area contributed by atoms with E-state index in [1.54, 1.807) is 0 Å². The molecule has 0 atom stereocenters. The molecule has 0 fully saturated rings. The zero-order chi connectivity index (χ0) is 13.0. The third kappa shape index (κ3) is 3.93. The van der Waals surface area contributed by atoms with Crippen LogP contribution in [0.1, 0.15) is 12.5 Å². The number of hydrogen-bond donors (Lipinski definition) is 0. The van der Waals surface area contributed by atoms with Gasteiger partial charge in [0.1, 0.15) is 5.82 Å². The molecule has 0 bridgehead atoms. The lowest BCUT2D eigenvalue weighted by molar-refractivity contribution is 0.515. The predicted octanol–water partition coefficient (Wildman–Crippen LogP) is 4.15. The highest BCUT2D eigenvalue weighted by Crippen LogP contribution is 2.19. The molecular formula is C13H16BrFNP. The maximum Gasteiger partial charge on any atom is 0.132 e. The van der Waals surface area contributed by atoms with Crippen molar-refractivity contribution in [3.63, 3.8) is 0 Å². The molecule has 0 unspecified atom stereocenters. The number of rotatable bonds is 3. The van der Waals surface area contributed by atoms with Crippen molar-refractivity contribution in [2.45, 2.75) is 6.92 Å². The van der Waals surface area contributed by atoms with Crippen molar-refractivity contribution >= 4 is 29.4 Å². The molecule has 0 spiro atoms. The van der Waals surface area contributed by atoms with Crippen molar-refractivity contribution < 1.29 is 4.39 Å². The SMILES string of the molecule is CP=C(/C=C(\C)N(C)C)c1ccc(Br)cc1F. The van der Waals surface area contributed by atoms with Crippen LogP contribution < -0.4 is 0 Å². The largest absolute Gasteiger partial charge is 0.381 e. The number of allylic oxidation sites excluding steroid dienone is 2. The highest BCUT2D eigenvalue weighted by atomic mass is 79.9. The van der Waals surface area contributed by atoms with E-state index >= 15 is 0 Å². The van der Waals surface area contributed by atoms with Crippen LogP contribution in [0, 0.1) is 5.82 Å². The molecule has 0 aliphatic rings. The maximum absolute atomic E-state index is 13.8. The molecule has 92 valence electrons. The molecule has 1 aromatic rings. The summed E-state index contributed by atoms with van der Waals surface area (Å²) in [5, 5.41) is 0.987. The van der Waals surface area contributed by atoms with Crippen LogP contribution in [0.2, 0.25) is 0 Å². The first-order valence-corrected chi connectivity index (χ1v) is 7.37. The van der Waals surface area contributed by atoms with Crippen LogP contribution in [0.15, 0.2) is 34.4 Å². The molecule has 4 heteroatoms. The van der Waals surface area contributed by atoms with Gasteiger partial charge in [-0.3, -0.25) is 0 Å². The number of nitrogens with zero attached hydrogens (tertiary/aromatic N) is 1. The van der Waals surface area contributed by atoms with E-state index in [9.17, 15) is 4.39 Å². The molecule has 0 aliphatic heterocycles. The summed E-state index contributed by atoms with van der Waals surface area (Å²) in [6.45, 7) is 4.03. The first-order chi connectivity index (χ1) is 7.95. The number of hydrogen-bond acceptors (Lipinski definition) is 1. The van der Waals surface area contributed by atoms with Gasteiger partial charge in [0.15, 0.2) is 0 Å². The van der Waals surface area contributed by atoms with E-state index < -0.39 is 0 Å². The van der Waals surface area contributed by atoms with Gasteiger partial charge in [-0.25, -0.2) is 4.39 Å². The highest BCUT2D eigenvalue weighted by Gasteiger charge is 2.07. The average molecular weight is 316 g/mol. The molecule has 1 rings (SSSR count). The lowest BCUT2D eigenvalue weighted by atomic mass is 10.1. The van der Waals surface area contributed by atoms with Gasteiger partial charge in [-0.05, 0) is 37.9 Å². The zero-order valence-electron chi connectivity index (χ0n) is 10.5.